The van der Waals surface area contributed by atoms with E-state index in [4.69, 9.17) is 10.5 Å². The van der Waals surface area contributed by atoms with Crippen molar-refractivity contribution in [3.8, 4) is 5.88 Å². The predicted octanol–water partition coefficient (Wildman–Crippen LogP) is 1.95. The molecule has 0 aromatic carbocycles. The number of nitrogens with zero attached hydrogens (tertiary/aromatic N) is 2. The fraction of sp³-hybridized carbons (Fsp3) is 0.692. The molecular formula is C13H22N4O. The lowest BCUT2D eigenvalue weighted by Gasteiger charge is -2.37. The lowest BCUT2D eigenvalue weighted by Crippen LogP contribution is -2.47. The molecule has 1 heterocycles. The molecule has 0 saturated heterocycles. The quantitative estimate of drug-likeness (QED) is 0.835. The standard InChI is InChI=1S/C13H22N4O/c1-2-18-11-6-9-15-12(16-11)17-13(10-14)7-4-3-5-8-13/h6,9H,2-5,7-8,10,14H2,1H3,(H,15,16,17). The van der Waals surface area contributed by atoms with Gasteiger partial charge in [-0.1, -0.05) is 19.3 Å². The van der Waals surface area contributed by atoms with Crippen LogP contribution in [0.25, 0.3) is 0 Å². The van der Waals surface area contributed by atoms with Crippen LogP contribution >= 0.6 is 0 Å². The smallest absolute Gasteiger partial charge is 0.226 e. The topological polar surface area (TPSA) is 73.1 Å². The summed E-state index contributed by atoms with van der Waals surface area (Å²) in [7, 11) is 0. The molecule has 1 aromatic rings. The molecule has 1 fully saturated rings. The van der Waals surface area contributed by atoms with Crippen LogP contribution in [0.15, 0.2) is 12.3 Å². The van der Waals surface area contributed by atoms with E-state index in [2.05, 4.69) is 15.3 Å². The van der Waals surface area contributed by atoms with Gasteiger partial charge in [0.15, 0.2) is 0 Å². The molecule has 5 nitrogen and oxygen atoms in total. The molecule has 2 rings (SSSR count). The highest BCUT2D eigenvalue weighted by Gasteiger charge is 2.31. The molecule has 1 aliphatic carbocycles. The van der Waals surface area contributed by atoms with E-state index in [0.29, 0.717) is 25.0 Å². The van der Waals surface area contributed by atoms with E-state index < -0.39 is 0 Å². The van der Waals surface area contributed by atoms with Crippen LogP contribution in [-0.2, 0) is 0 Å². The summed E-state index contributed by atoms with van der Waals surface area (Å²) in [5, 5.41) is 3.42. The Bertz CT molecular complexity index is 377. The zero-order valence-electron chi connectivity index (χ0n) is 11.0. The minimum atomic E-state index is -0.0386. The SMILES string of the molecule is CCOc1ccnc(NC2(CN)CCCCC2)n1. The second kappa shape index (κ2) is 6.00. The van der Waals surface area contributed by atoms with Crippen molar-refractivity contribution in [2.75, 3.05) is 18.5 Å². The number of anilines is 1. The summed E-state index contributed by atoms with van der Waals surface area (Å²) < 4.78 is 5.38. The first-order valence-corrected chi connectivity index (χ1v) is 6.72. The van der Waals surface area contributed by atoms with Crippen molar-refractivity contribution in [3.05, 3.63) is 12.3 Å². The zero-order valence-corrected chi connectivity index (χ0v) is 11.0. The van der Waals surface area contributed by atoms with Crippen molar-refractivity contribution in [1.82, 2.24) is 9.97 Å². The first-order valence-electron chi connectivity index (χ1n) is 6.72. The van der Waals surface area contributed by atoms with E-state index in [1.807, 2.05) is 6.92 Å². The molecule has 3 N–H and O–H groups in total. The van der Waals surface area contributed by atoms with Gasteiger partial charge >= 0.3 is 0 Å². The summed E-state index contributed by atoms with van der Waals surface area (Å²) in [6.07, 6.45) is 7.62. The molecule has 1 saturated carbocycles. The molecule has 0 radical (unpaired) electrons. The second-order valence-corrected chi connectivity index (χ2v) is 4.82. The lowest BCUT2D eigenvalue weighted by atomic mass is 9.82. The first kappa shape index (κ1) is 13.1. The molecule has 1 aromatic heterocycles. The van der Waals surface area contributed by atoms with E-state index in [-0.39, 0.29) is 5.54 Å². The highest BCUT2D eigenvalue weighted by atomic mass is 16.5. The van der Waals surface area contributed by atoms with Gasteiger partial charge in [0.25, 0.3) is 0 Å². The van der Waals surface area contributed by atoms with Crippen molar-refractivity contribution >= 4 is 5.95 Å². The largest absolute Gasteiger partial charge is 0.478 e. The van der Waals surface area contributed by atoms with Crippen LogP contribution in [0, 0.1) is 0 Å². The summed E-state index contributed by atoms with van der Waals surface area (Å²) in [6.45, 7) is 3.17. The molecule has 18 heavy (non-hydrogen) atoms. The van der Waals surface area contributed by atoms with Gasteiger partial charge in [-0.3, -0.25) is 0 Å². The third kappa shape index (κ3) is 3.10. The molecule has 1 aliphatic rings. The lowest BCUT2D eigenvalue weighted by molar-refractivity contribution is 0.320. The van der Waals surface area contributed by atoms with E-state index >= 15 is 0 Å². The fourth-order valence-corrected chi connectivity index (χ4v) is 2.48. The molecule has 0 amide bonds. The van der Waals surface area contributed by atoms with Crippen LogP contribution in [0.2, 0.25) is 0 Å². The normalized spacial score (nSPS) is 18.3. The summed E-state index contributed by atoms with van der Waals surface area (Å²) in [5.41, 5.74) is 5.89. The van der Waals surface area contributed by atoms with Gasteiger partial charge in [0.05, 0.1) is 12.1 Å². The monoisotopic (exact) mass is 250 g/mol. The maximum Gasteiger partial charge on any atom is 0.226 e. The maximum absolute atomic E-state index is 5.93. The van der Waals surface area contributed by atoms with Gasteiger partial charge in [0.2, 0.25) is 11.8 Å². The molecular weight excluding hydrogens is 228 g/mol. The molecule has 0 unspecified atom stereocenters. The van der Waals surface area contributed by atoms with Crippen LogP contribution in [0.5, 0.6) is 5.88 Å². The third-order valence-electron chi connectivity index (χ3n) is 3.50. The predicted molar refractivity (Wildman–Crippen MR) is 71.7 cm³/mol. The van der Waals surface area contributed by atoms with Gasteiger partial charge in [-0.2, -0.15) is 4.98 Å². The van der Waals surface area contributed by atoms with Crippen molar-refractivity contribution in [3.63, 3.8) is 0 Å². The number of ether oxygens (including phenoxy) is 1. The van der Waals surface area contributed by atoms with E-state index in [1.54, 1.807) is 12.3 Å². The Morgan fingerprint density at radius 3 is 2.83 bits per heavy atom. The number of hydrogen-bond donors (Lipinski definition) is 2. The average molecular weight is 250 g/mol. The van der Waals surface area contributed by atoms with Crippen molar-refractivity contribution < 1.29 is 4.74 Å². The van der Waals surface area contributed by atoms with Crippen LogP contribution in [0.1, 0.15) is 39.0 Å². The molecule has 0 spiro atoms. The van der Waals surface area contributed by atoms with Crippen LogP contribution in [-0.4, -0.2) is 28.7 Å². The molecule has 100 valence electrons. The van der Waals surface area contributed by atoms with Gasteiger partial charge in [0, 0.05) is 18.8 Å². The van der Waals surface area contributed by atoms with Crippen molar-refractivity contribution in [1.29, 1.82) is 0 Å². The number of nitrogens with one attached hydrogen (secondary N) is 1. The summed E-state index contributed by atoms with van der Waals surface area (Å²) in [5.74, 6) is 1.23. The third-order valence-corrected chi connectivity index (χ3v) is 3.50. The summed E-state index contributed by atoms with van der Waals surface area (Å²) in [6, 6.07) is 1.77. The Hall–Kier alpha value is -1.36. The Balaban J connectivity index is 2.08. The Morgan fingerprint density at radius 1 is 1.39 bits per heavy atom. The van der Waals surface area contributed by atoms with E-state index in [1.165, 1.54) is 19.3 Å². The minimum absolute atomic E-state index is 0.0386. The number of rotatable bonds is 5. The molecule has 5 heteroatoms. The van der Waals surface area contributed by atoms with E-state index in [9.17, 15) is 0 Å². The Kier molecular flexibility index (Phi) is 4.36. The van der Waals surface area contributed by atoms with Crippen LogP contribution in [0.4, 0.5) is 5.95 Å². The van der Waals surface area contributed by atoms with Gasteiger partial charge in [-0.25, -0.2) is 4.98 Å². The number of nitrogens with two attached hydrogens (primary N) is 1. The number of aromatic nitrogens is 2. The Labute approximate surface area is 108 Å². The van der Waals surface area contributed by atoms with Crippen LogP contribution in [0.3, 0.4) is 0 Å². The number of hydrogen-bond acceptors (Lipinski definition) is 5. The average Bonchev–Trinajstić information content (AvgIpc) is 2.41. The summed E-state index contributed by atoms with van der Waals surface area (Å²) in [4.78, 5) is 8.60. The van der Waals surface area contributed by atoms with Gasteiger partial charge < -0.3 is 15.8 Å². The van der Waals surface area contributed by atoms with Crippen molar-refractivity contribution in [2.45, 2.75) is 44.6 Å². The Morgan fingerprint density at radius 2 is 2.17 bits per heavy atom. The van der Waals surface area contributed by atoms with E-state index in [0.717, 1.165) is 12.8 Å². The first-order chi connectivity index (χ1) is 8.78. The second-order valence-electron chi connectivity index (χ2n) is 4.82. The zero-order chi connectivity index (χ0) is 12.8. The van der Waals surface area contributed by atoms with Crippen molar-refractivity contribution in [2.24, 2.45) is 5.73 Å². The van der Waals surface area contributed by atoms with Gasteiger partial charge in [-0.15, -0.1) is 0 Å². The fourth-order valence-electron chi connectivity index (χ4n) is 2.48. The minimum Gasteiger partial charge on any atom is -0.478 e. The van der Waals surface area contributed by atoms with Gasteiger partial charge in [0.1, 0.15) is 0 Å². The molecule has 0 atom stereocenters. The molecule has 0 aliphatic heterocycles. The molecule has 0 bridgehead atoms. The van der Waals surface area contributed by atoms with Crippen LogP contribution < -0.4 is 15.8 Å². The highest BCUT2D eigenvalue weighted by Crippen LogP contribution is 2.30. The highest BCUT2D eigenvalue weighted by molar-refractivity contribution is 5.32. The van der Waals surface area contributed by atoms with Gasteiger partial charge in [-0.05, 0) is 19.8 Å². The maximum atomic E-state index is 5.93. The summed E-state index contributed by atoms with van der Waals surface area (Å²) >= 11 is 0.